The first-order valence-electron chi connectivity index (χ1n) is 18.0. The highest BCUT2D eigenvalue weighted by Crippen LogP contribution is 2.54. The lowest BCUT2D eigenvalue weighted by molar-refractivity contribution is 0.594. The Kier molecular flexibility index (Phi) is 8.03. The van der Waals surface area contributed by atoms with E-state index in [-0.39, 0.29) is 5.41 Å². The van der Waals surface area contributed by atoms with Crippen LogP contribution < -0.4 is 14.7 Å². The lowest BCUT2D eigenvalue weighted by atomic mass is 9.73. The third-order valence-electron chi connectivity index (χ3n) is 10.7. The third kappa shape index (κ3) is 5.07. The topological polar surface area (TPSA) is 43.9 Å². The monoisotopic (exact) mass is 689 g/mol. The van der Waals surface area contributed by atoms with Gasteiger partial charge in [0, 0.05) is 34.7 Å². The Morgan fingerprint density at radius 1 is 0.569 bits per heavy atom. The molecule has 2 aliphatic heterocycles. The Bertz CT molecular complexity index is 2320. The third-order valence-corrected chi connectivity index (χ3v) is 12.6. The minimum atomic E-state index is -3.93. The number of aryl methyl sites for hydroxylation is 2. The molecule has 0 atom stereocenters. The van der Waals surface area contributed by atoms with Crippen molar-refractivity contribution in [2.45, 2.75) is 62.7 Å². The van der Waals surface area contributed by atoms with Crippen molar-refractivity contribution in [3.05, 3.63) is 156 Å². The molecule has 6 heteroatoms. The lowest BCUT2D eigenvalue weighted by Crippen LogP contribution is -2.31. The Hall–Kier alpha value is -5.33. The van der Waals surface area contributed by atoms with Crippen molar-refractivity contribution in [2.75, 3.05) is 21.2 Å². The number of nitrogens with zero attached hydrogens (tertiary/aromatic N) is 3. The van der Waals surface area contributed by atoms with E-state index in [2.05, 4.69) is 159 Å². The molecule has 0 aromatic heterocycles. The van der Waals surface area contributed by atoms with E-state index in [1.807, 2.05) is 24.3 Å². The molecule has 0 amide bonds. The molecule has 8 rings (SSSR count). The van der Waals surface area contributed by atoms with E-state index >= 15 is 8.42 Å². The highest BCUT2D eigenvalue weighted by atomic mass is 32.2. The van der Waals surface area contributed by atoms with Gasteiger partial charge in [0.2, 0.25) is 9.84 Å². The van der Waals surface area contributed by atoms with E-state index in [9.17, 15) is 0 Å². The molecule has 256 valence electrons. The highest BCUT2D eigenvalue weighted by molar-refractivity contribution is 7.92. The number of fused-ring (bicyclic) bond motifs is 4. The highest BCUT2D eigenvalue weighted by Gasteiger charge is 2.39. The molecule has 0 aliphatic carbocycles. The maximum Gasteiger partial charge on any atom is 0.210 e. The smallest absolute Gasteiger partial charge is 0.210 e. The molecule has 51 heavy (non-hydrogen) atoms. The summed E-state index contributed by atoms with van der Waals surface area (Å²) in [5.41, 5.74) is 11.8. The van der Waals surface area contributed by atoms with Crippen molar-refractivity contribution >= 4 is 55.3 Å². The van der Waals surface area contributed by atoms with Crippen molar-refractivity contribution in [1.82, 2.24) is 0 Å². The van der Waals surface area contributed by atoms with Gasteiger partial charge in [-0.05, 0) is 103 Å². The first-order valence-corrected chi connectivity index (χ1v) is 19.4. The van der Waals surface area contributed by atoms with Crippen LogP contribution in [0.15, 0.2) is 143 Å². The maximum absolute atomic E-state index is 15.0. The molecule has 6 aromatic rings. The Morgan fingerprint density at radius 3 is 1.61 bits per heavy atom. The summed E-state index contributed by atoms with van der Waals surface area (Å²) in [6.45, 7) is 11.5. The van der Waals surface area contributed by atoms with E-state index in [0.29, 0.717) is 27.7 Å². The molecular formula is C45H43N3O2S. The van der Waals surface area contributed by atoms with Gasteiger partial charge in [0.15, 0.2) is 0 Å². The van der Waals surface area contributed by atoms with E-state index in [1.165, 1.54) is 22.3 Å². The minimum absolute atomic E-state index is 0.211. The summed E-state index contributed by atoms with van der Waals surface area (Å²) in [7, 11) is -3.93. The fourth-order valence-corrected chi connectivity index (χ4v) is 9.86. The van der Waals surface area contributed by atoms with Crippen LogP contribution >= 0.6 is 0 Å². The second-order valence-electron chi connectivity index (χ2n) is 13.8. The van der Waals surface area contributed by atoms with E-state index < -0.39 is 9.84 Å². The molecule has 0 radical (unpaired) electrons. The first kappa shape index (κ1) is 32.9. The molecule has 0 spiro atoms. The van der Waals surface area contributed by atoms with Gasteiger partial charge in [-0.25, -0.2) is 8.42 Å². The SMILES string of the molecule is CCc1ccccc1N(c1ccc2c(c1)S(=O)(=O)c1cc(N3c4ccccc4C(C)(C)c4ccccc43)ccc1N2CC)c1ccccc1CC. The van der Waals surface area contributed by atoms with Crippen LogP contribution in [0.1, 0.15) is 56.9 Å². The zero-order valence-electron chi connectivity index (χ0n) is 29.9. The summed E-state index contributed by atoms with van der Waals surface area (Å²) < 4.78 is 30.0. The molecule has 0 saturated carbocycles. The molecular weight excluding hydrogens is 647 g/mol. The van der Waals surface area contributed by atoms with E-state index in [4.69, 9.17) is 0 Å². The van der Waals surface area contributed by atoms with Gasteiger partial charge in [-0.2, -0.15) is 0 Å². The van der Waals surface area contributed by atoms with E-state index in [1.54, 1.807) is 0 Å². The average Bonchev–Trinajstić information content (AvgIpc) is 3.16. The fraction of sp³-hybridized carbons (Fsp3) is 0.200. The van der Waals surface area contributed by atoms with Crippen LogP contribution in [0.4, 0.5) is 45.5 Å². The van der Waals surface area contributed by atoms with Gasteiger partial charge >= 0.3 is 0 Å². The fourth-order valence-electron chi connectivity index (χ4n) is 8.16. The van der Waals surface area contributed by atoms with Gasteiger partial charge in [0.25, 0.3) is 0 Å². The molecule has 6 aromatic carbocycles. The van der Waals surface area contributed by atoms with Crippen molar-refractivity contribution < 1.29 is 8.42 Å². The molecule has 5 nitrogen and oxygen atoms in total. The average molecular weight is 690 g/mol. The lowest BCUT2D eigenvalue weighted by Gasteiger charge is -2.42. The van der Waals surface area contributed by atoms with Crippen LogP contribution in [-0.4, -0.2) is 15.0 Å². The van der Waals surface area contributed by atoms with Gasteiger partial charge in [-0.1, -0.05) is 100 Å². The Morgan fingerprint density at radius 2 is 1.06 bits per heavy atom. The van der Waals surface area contributed by atoms with Gasteiger partial charge < -0.3 is 14.7 Å². The van der Waals surface area contributed by atoms with Crippen LogP contribution in [0, 0.1) is 0 Å². The minimum Gasteiger partial charge on any atom is -0.340 e. The second kappa shape index (κ2) is 12.5. The number of benzene rings is 6. The summed E-state index contributed by atoms with van der Waals surface area (Å²) in [6.07, 6.45) is 1.70. The van der Waals surface area contributed by atoms with Gasteiger partial charge in [-0.15, -0.1) is 0 Å². The molecule has 2 aliphatic rings. The standard InChI is InChI=1S/C45H43N3O2S/c1-6-31-17-9-13-21-37(31)47(38-22-14-10-18-32(38)7-2)33-25-27-41-43(29-33)51(49,50)44-30-34(26-28-42(44)46(41)8-3)48-39-23-15-11-19-35(39)45(4,5)36-20-12-16-24-40(36)48/h9-30H,6-8H2,1-5H3. The van der Waals surface area contributed by atoms with Gasteiger partial charge in [-0.3, -0.25) is 0 Å². The Labute approximate surface area is 302 Å². The molecule has 0 saturated heterocycles. The van der Waals surface area contributed by atoms with Gasteiger partial charge in [0.1, 0.15) is 0 Å². The van der Waals surface area contributed by atoms with Crippen LogP contribution in [0.2, 0.25) is 0 Å². The zero-order chi connectivity index (χ0) is 35.5. The van der Waals surface area contributed by atoms with E-state index in [0.717, 1.165) is 47.0 Å². The molecule has 2 heterocycles. The van der Waals surface area contributed by atoms with Crippen LogP contribution in [0.3, 0.4) is 0 Å². The number of hydrogen-bond acceptors (Lipinski definition) is 5. The number of hydrogen-bond donors (Lipinski definition) is 0. The molecule has 0 fully saturated rings. The summed E-state index contributed by atoms with van der Waals surface area (Å²) in [4.78, 5) is 7.23. The van der Waals surface area contributed by atoms with Crippen molar-refractivity contribution in [1.29, 1.82) is 0 Å². The van der Waals surface area contributed by atoms with Crippen LogP contribution in [0.25, 0.3) is 0 Å². The van der Waals surface area contributed by atoms with Crippen molar-refractivity contribution in [3.63, 3.8) is 0 Å². The summed E-state index contributed by atoms with van der Waals surface area (Å²) >= 11 is 0. The molecule has 0 unspecified atom stereocenters. The number of para-hydroxylation sites is 4. The Balaban J connectivity index is 1.32. The predicted octanol–water partition coefficient (Wildman–Crippen LogP) is 11.7. The number of anilines is 8. The van der Waals surface area contributed by atoms with Crippen molar-refractivity contribution in [3.8, 4) is 0 Å². The number of rotatable bonds is 7. The quantitative estimate of drug-likeness (QED) is 0.167. The normalized spacial score (nSPS) is 15.0. The van der Waals surface area contributed by atoms with Gasteiger partial charge in [0.05, 0.1) is 32.5 Å². The maximum atomic E-state index is 15.0. The molecule has 0 N–H and O–H groups in total. The van der Waals surface area contributed by atoms with Crippen molar-refractivity contribution in [2.24, 2.45) is 0 Å². The molecule has 0 bridgehead atoms. The van der Waals surface area contributed by atoms with Crippen LogP contribution in [0.5, 0.6) is 0 Å². The number of sulfone groups is 1. The summed E-state index contributed by atoms with van der Waals surface area (Å²) in [5, 5.41) is 0. The summed E-state index contributed by atoms with van der Waals surface area (Å²) in [5.74, 6) is 0. The zero-order valence-corrected chi connectivity index (χ0v) is 30.7. The van der Waals surface area contributed by atoms with Crippen LogP contribution in [-0.2, 0) is 28.1 Å². The predicted molar refractivity (Wildman–Crippen MR) is 211 cm³/mol. The largest absolute Gasteiger partial charge is 0.340 e. The summed E-state index contributed by atoms with van der Waals surface area (Å²) in [6, 6.07) is 45.6. The second-order valence-corrected chi connectivity index (χ2v) is 15.7. The first-order chi connectivity index (χ1) is 24.7.